The monoisotopic (exact) mass is 486 g/mol. The third-order valence-electron chi connectivity index (χ3n) is 5.50. The van der Waals surface area contributed by atoms with E-state index < -0.39 is 17.8 Å². The summed E-state index contributed by atoms with van der Waals surface area (Å²) in [5, 5.41) is 3.19. The Morgan fingerprint density at radius 2 is 1.60 bits per heavy atom. The number of ether oxygens (including phenoxy) is 1. The van der Waals surface area contributed by atoms with E-state index in [1.165, 1.54) is 11.8 Å². The van der Waals surface area contributed by atoms with Gasteiger partial charge >= 0.3 is 5.97 Å². The molecule has 6 nitrogen and oxygen atoms in total. The van der Waals surface area contributed by atoms with Gasteiger partial charge in [0.05, 0.1) is 17.9 Å². The molecule has 3 aromatic carbocycles. The Balaban J connectivity index is 1.63. The van der Waals surface area contributed by atoms with E-state index in [1.807, 2.05) is 68.4 Å². The van der Waals surface area contributed by atoms with Gasteiger partial charge in [0.1, 0.15) is 10.6 Å². The second-order valence-corrected chi connectivity index (χ2v) is 9.12. The molecular weight excluding hydrogens is 460 g/mol. The van der Waals surface area contributed by atoms with E-state index in [4.69, 9.17) is 4.74 Å². The fraction of sp³-hybridized carbons (Fsp3) is 0.179. The number of amides is 2. The molecule has 0 saturated heterocycles. The summed E-state index contributed by atoms with van der Waals surface area (Å²) in [6.45, 7) is 4.32. The zero-order valence-corrected chi connectivity index (χ0v) is 20.4. The molecule has 7 heteroatoms. The van der Waals surface area contributed by atoms with Crippen LogP contribution in [0.2, 0.25) is 0 Å². The maximum Gasteiger partial charge on any atom is 0.338 e. The number of nitrogens with zero attached hydrogens (tertiary/aromatic N) is 1. The van der Waals surface area contributed by atoms with Gasteiger partial charge in [-0.25, -0.2) is 9.69 Å². The molecule has 0 saturated carbocycles. The highest BCUT2D eigenvalue weighted by Crippen LogP contribution is 2.38. The molecular formula is C28H26N2O4S. The molecule has 1 aliphatic heterocycles. The third-order valence-corrected chi connectivity index (χ3v) is 6.59. The van der Waals surface area contributed by atoms with Crippen molar-refractivity contribution >= 4 is 40.9 Å². The molecule has 2 amide bonds. The number of carbonyl (C=O) groups is 3. The average Bonchev–Trinajstić information content (AvgIpc) is 3.10. The quantitative estimate of drug-likeness (QED) is 0.229. The van der Waals surface area contributed by atoms with Gasteiger partial charge in [-0.1, -0.05) is 61.5 Å². The molecule has 3 aromatic rings. The van der Waals surface area contributed by atoms with Gasteiger partial charge in [-0.3, -0.25) is 9.59 Å². The van der Waals surface area contributed by atoms with E-state index >= 15 is 0 Å². The second-order valence-electron chi connectivity index (χ2n) is 8.04. The molecule has 0 fully saturated rings. The number of anilines is 2. The van der Waals surface area contributed by atoms with Crippen LogP contribution in [0.25, 0.3) is 0 Å². The Bertz CT molecular complexity index is 1270. The van der Waals surface area contributed by atoms with Gasteiger partial charge in [0.2, 0.25) is 0 Å². The summed E-state index contributed by atoms with van der Waals surface area (Å²) in [5.41, 5.74) is 2.68. The van der Waals surface area contributed by atoms with Gasteiger partial charge in [0.15, 0.2) is 0 Å². The summed E-state index contributed by atoms with van der Waals surface area (Å²) >= 11 is 1.24. The smallest absolute Gasteiger partial charge is 0.338 e. The van der Waals surface area contributed by atoms with E-state index in [-0.39, 0.29) is 5.70 Å². The summed E-state index contributed by atoms with van der Waals surface area (Å²) in [7, 11) is 0. The number of nitrogens with one attached hydrogen (secondary N) is 1. The zero-order chi connectivity index (χ0) is 24.8. The van der Waals surface area contributed by atoms with Crippen molar-refractivity contribution in [2.75, 3.05) is 16.8 Å². The summed E-state index contributed by atoms with van der Waals surface area (Å²) in [5.74, 6) is -1.29. The first kappa shape index (κ1) is 24.3. The number of hydrogen-bond donors (Lipinski definition) is 1. The highest BCUT2D eigenvalue weighted by molar-refractivity contribution is 8.04. The highest BCUT2D eigenvalue weighted by Gasteiger charge is 2.40. The number of carbonyl (C=O) groups excluding carboxylic acids is 3. The number of hydrogen-bond acceptors (Lipinski definition) is 6. The van der Waals surface area contributed by atoms with Crippen molar-refractivity contribution in [3.05, 3.63) is 101 Å². The summed E-state index contributed by atoms with van der Waals surface area (Å²) in [6, 6.07) is 23.4. The first-order valence-electron chi connectivity index (χ1n) is 11.5. The van der Waals surface area contributed by atoms with Crippen LogP contribution in [0.1, 0.15) is 35.7 Å². The van der Waals surface area contributed by atoms with Crippen LogP contribution in [0.5, 0.6) is 0 Å². The van der Waals surface area contributed by atoms with Crippen LogP contribution in [0.3, 0.4) is 0 Å². The molecule has 178 valence electrons. The molecule has 35 heavy (non-hydrogen) atoms. The fourth-order valence-electron chi connectivity index (χ4n) is 3.54. The maximum atomic E-state index is 13.5. The van der Waals surface area contributed by atoms with Crippen molar-refractivity contribution in [1.29, 1.82) is 0 Å². The Labute approximate surface area is 209 Å². The predicted octanol–water partition coefficient (Wildman–Crippen LogP) is 5.94. The van der Waals surface area contributed by atoms with Crippen LogP contribution in [0.15, 0.2) is 94.4 Å². The molecule has 0 unspecified atom stereocenters. The minimum absolute atomic E-state index is 0.223. The van der Waals surface area contributed by atoms with Gasteiger partial charge in [-0.2, -0.15) is 0 Å². The van der Waals surface area contributed by atoms with Gasteiger partial charge in [0, 0.05) is 10.6 Å². The van der Waals surface area contributed by atoms with Crippen molar-refractivity contribution in [1.82, 2.24) is 0 Å². The van der Waals surface area contributed by atoms with Crippen LogP contribution >= 0.6 is 11.8 Å². The van der Waals surface area contributed by atoms with E-state index in [0.29, 0.717) is 22.8 Å². The van der Waals surface area contributed by atoms with Crippen molar-refractivity contribution in [2.45, 2.75) is 31.6 Å². The van der Waals surface area contributed by atoms with Crippen LogP contribution in [0.4, 0.5) is 11.4 Å². The van der Waals surface area contributed by atoms with Gasteiger partial charge in [0.25, 0.3) is 11.8 Å². The number of aryl methyl sites for hydroxylation is 1. The summed E-state index contributed by atoms with van der Waals surface area (Å²) in [6.07, 6.45) is 1.73. The summed E-state index contributed by atoms with van der Waals surface area (Å²) in [4.78, 5) is 41.5. The van der Waals surface area contributed by atoms with Gasteiger partial charge in [-0.15, -0.1) is 0 Å². The molecule has 0 spiro atoms. The van der Waals surface area contributed by atoms with Crippen LogP contribution in [-0.4, -0.2) is 24.4 Å². The molecule has 0 aliphatic carbocycles. The van der Waals surface area contributed by atoms with Gasteiger partial charge < -0.3 is 10.1 Å². The lowest BCUT2D eigenvalue weighted by Crippen LogP contribution is -2.32. The van der Waals surface area contributed by atoms with E-state index in [1.54, 1.807) is 24.3 Å². The molecule has 1 N–H and O–H groups in total. The standard InChI is InChI=1S/C28H26N2O4S/c1-3-4-18-34-28(33)20-14-16-21(17-15-20)30-26(31)24(29-23-13-9-8-10-19(23)2)25(27(30)32)35-22-11-6-5-7-12-22/h5-17,29H,3-4,18H2,1-2H3. The number of thioether (sulfide) groups is 1. The Kier molecular flexibility index (Phi) is 7.67. The van der Waals surface area contributed by atoms with Crippen molar-refractivity contribution in [3.63, 3.8) is 0 Å². The first-order valence-corrected chi connectivity index (χ1v) is 12.3. The third kappa shape index (κ3) is 5.46. The first-order chi connectivity index (χ1) is 17.0. The number of imide groups is 1. The zero-order valence-electron chi connectivity index (χ0n) is 19.6. The van der Waals surface area contributed by atoms with E-state index in [2.05, 4.69) is 5.32 Å². The summed E-state index contributed by atoms with van der Waals surface area (Å²) < 4.78 is 5.25. The minimum Gasteiger partial charge on any atom is -0.462 e. The molecule has 0 aromatic heterocycles. The Morgan fingerprint density at radius 1 is 0.914 bits per heavy atom. The van der Waals surface area contributed by atoms with E-state index in [9.17, 15) is 14.4 Å². The number of esters is 1. The Morgan fingerprint density at radius 3 is 2.29 bits per heavy atom. The topological polar surface area (TPSA) is 75.7 Å². The van der Waals surface area contributed by atoms with Crippen LogP contribution in [0, 0.1) is 6.92 Å². The molecule has 1 aliphatic rings. The highest BCUT2D eigenvalue weighted by atomic mass is 32.2. The maximum absolute atomic E-state index is 13.5. The minimum atomic E-state index is -0.449. The van der Waals surface area contributed by atoms with E-state index in [0.717, 1.165) is 33.9 Å². The van der Waals surface area contributed by atoms with Crippen molar-refractivity contribution in [3.8, 4) is 0 Å². The predicted molar refractivity (Wildman–Crippen MR) is 138 cm³/mol. The number of unbranched alkanes of at least 4 members (excludes halogenated alkanes) is 1. The molecule has 0 atom stereocenters. The number of rotatable bonds is 9. The second kappa shape index (κ2) is 11.1. The SMILES string of the molecule is CCCCOC(=O)c1ccc(N2C(=O)C(Nc3ccccc3C)=C(Sc3ccccc3)C2=O)cc1. The van der Waals surface area contributed by atoms with Crippen LogP contribution < -0.4 is 10.2 Å². The average molecular weight is 487 g/mol. The number of para-hydroxylation sites is 1. The molecule has 4 rings (SSSR count). The fourth-order valence-corrected chi connectivity index (χ4v) is 4.49. The van der Waals surface area contributed by atoms with Gasteiger partial charge in [-0.05, 0) is 61.4 Å². The van der Waals surface area contributed by atoms with Crippen LogP contribution in [-0.2, 0) is 14.3 Å². The molecule has 0 bridgehead atoms. The van der Waals surface area contributed by atoms with Crippen molar-refractivity contribution < 1.29 is 19.1 Å². The lowest BCUT2D eigenvalue weighted by atomic mass is 10.2. The van der Waals surface area contributed by atoms with Crippen molar-refractivity contribution in [2.24, 2.45) is 0 Å². The Hall–Kier alpha value is -3.84. The molecule has 0 radical (unpaired) electrons. The lowest BCUT2D eigenvalue weighted by molar-refractivity contribution is -0.120. The lowest BCUT2D eigenvalue weighted by Gasteiger charge is -2.16. The largest absolute Gasteiger partial charge is 0.462 e. The normalized spacial score (nSPS) is 13.4. The molecule has 1 heterocycles. The number of benzene rings is 3.